The summed E-state index contributed by atoms with van der Waals surface area (Å²) in [6.45, 7) is 3.17. The molecular weight excluding hydrogens is 268 g/mol. The molecule has 8 heteroatoms. The van der Waals surface area contributed by atoms with E-state index in [2.05, 4.69) is 4.98 Å². The van der Waals surface area contributed by atoms with Crippen LogP contribution >= 0.6 is 0 Å². The van der Waals surface area contributed by atoms with Gasteiger partial charge in [0.05, 0.1) is 6.42 Å². The average molecular weight is 282 g/mol. The Morgan fingerprint density at radius 1 is 1.30 bits per heavy atom. The van der Waals surface area contributed by atoms with E-state index in [9.17, 15) is 19.2 Å². The minimum Gasteiger partial charge on any atom is -0.481 e. The maximum absolute atomic E-state index is 11.9. The molecule has 0 fully saturated rings. The molecule has 0 saturated heterocycles. The van der Waals surface area contributed by atoms with Crippen molar-refractivity contribution in [1.82, 2.24) is 10.3 Å². The van der Waals surface area contributed by atoms with Gasteiger partial charge in [0.25, 0.3) is 11.5 Å². The molecule has 0 aromatic carbocycles. The van der Waals surface area contributed by atoms with Crippen LogP contribution in [0.2, 0.25) is 0 Å². The van der Waals surface area contributed by atoms with Gasteiger partial charge < -0.3 is 20.5 Å². The van der Waals surface area contributed by atoms with Crippen molar-refractivity contribution >= 4 is 17.8 Å². The zero-order valence-electron chi connectivity index (χ0n) is 10.9. The van der Waals surface area contributed by atoms with Gasteiger partial charge in [-0.2, -0.15) is 0 Å². The number of aromatic amines is 1. The number of hydrogen-bond acceptors (Lipinski definition) is 4. The van der Waals surface area contributed by atoms with Crippen molar-refractivity contribution in [3.63, 3.8) is 0 Å². The predicted octanol–water partition coefficient (Wildman–Crippen LogP) is -0.351. The molecule has 1 heterocycles. The van der Waals surface area contributed by atoms with Crippen LogP contribution in [0.4, 0.5) is 0 Å². The van der Waals surface area contributed by atoms with Crippen LogP contribution in [0.25, 0.3) is 0 Å². The highest BCUT2D eigenvalue weighted by atomic mass is 16.4. The monoisotopic (exact) mass is 282 g/mol. The SMILES string of the molecule is Cc1cc(C)c(C(=O)NC(CC(=O)O)C(=O)O)c(=O)[nH]1. The predicted molar refractivity (Wildman–Crippen MR) is 67.7 cm³/mol. The van der Waals surface area contributed by atoms with Crippen LogP contribution in [0, 0.1) is 13.8 Å². The molecule has 0 radical (unpaired) electrons. The molecule has 0 aliphatic heterocycles. The third-order valence-electron chi connectivity index (χ3n) is 2.57. The van der Waals surface area contributed by atoms with Gasteiger partial charge in [-0.3, -0.25) is 14.4 Å². The number of carbonyl (C=O) groups is 3. The van der Waals surface area contributed by atoms with E-state index in [0.29, 0.717) is 11.3 Å². The Morgan fingerprint density at radius 3 is 2.35 bits per heavy atom. The first kappa shape index (κ1) is 15.4. The number of pyridine rings is 1. The molecule has 0 saturated carbocycles. The Morgan fingerprint density at radius 2 is 1.90 bits per heavy atom. The molecule has 1 aromatic heterocycles. The van der Waals surface area contributed by atoms with Crippen LogP contribution in [0.15, 0.2) is 10.9 Å². The van der Waals surface area contributed by atoms with Crippen LogP contribution in [0.3, 0.4) is 0 Å². The molecule has 1 amide bonds. The fourth-order valence-electron chi connectivity index (χ4n) is 1.74. The van der Waals surface area contributed by atoms with Crippen molar-refractivity contribution in [2.24, 2.45) is 0 Å². The van der Waals surface area contributed by atoms with Gasteiger partial charge in [0, 0.05) is 5.69 Å². The van der Waals surface area contributed by atoms with E-state index in [1.165, 1.54) is 6.92 Å². The molecular formula is C12H14N2O6. The van der Waals surface area contributed by atoms with Gasteiger partial charge in [0.15, 0.2) is 0 Å². The molecule has 0 bridgehead atoms. The second-order valence-electron chi connectivity index (χ2n) is 4.30. The normalized spacial score (nSPS) is 11.7. The summed E-state index contributed by atoms with van der Waals surface area (Å²) < 4.78 is 0. The van der Waals surface area contributed by atoms with Gasteiger partial charge in [0.1, 0.15) is 11.6 Å². The lowest BCUT2D eigenvalue weighted by atomic mass is 10.1. The van der Waals surface area contributed by atoms with E-state index in [-0.39, 0.29) is 5.56 Å². The number of rotatable bonds is 5. The zero-order chi connectivity index (χ0) is 15.4. The van der Waals surface area contributed by atoms with Gasteiger partial charge in [-0.25, -0.2) is 4.79 Å². The number of carbonyl (C=O) groups excluding carboxylic acids is 1. The highest BCUT2D eigenvalue weighted by molar-refractivity contribution is 5.98. The van der Waals surface area contributed by atoms with Gasteiger partial charge in [-0.1, -0.05) is 0 Å². The van der Waals surface area contributed by atoms with Gasteiger partial charge >= 0.3 is 11.9 Å². The molecule has 1 rings (SSSR count). The van der Waals surface area contributed by atoms with Gasteiger partial charge in [0.2, 0.25) is 0 Å². The summed E-state index contributed by atoms with van der Waals surface area (Å²) in [4.78, 5) is 47.4. The summed E-state index contributed by atoms with van der Waals surface area (Å²) >= 11 is 0. The molecule has 0 aliphatic rings. The Kier molecular flexibility index (Phi) is 4.63. The highest BCUT2D eigenvalue weighted by Crippen LogP contribution is 2.04. The van der Waals surface area contributed by atoms with Crippen molar-refractivity contribution in [1.29, 1.82) is 0 Å². The zero-order valence-corrected chi connectivity index (χ0v) is 10.9. The second kappa shape index (κ2) is 6.00. The molecule has 0 aliphatic carbocycles. The minimum atomic E-state index is -1.60. The number of hydrogen-bond donors (Lipinski definition) is 4. The standard InChI is InChI=1S/C12H14N2O6/c1-5-3-6(2)13-10(17)9(5)11(18)14-7(12(19)20)4-8(15)16/h3,7H,4H2,1-2H3,(H,13,17)(H,14,18)(H,15,16)(H,19,20). The van der Waals surface area contributed by atoms with Gasteiger partial charge in [-0.05, 0) is 25.5 Å². The average Bonchev–Trinajstić information content (AvgIpc) is 2.25. The fraction of sp³-hybridized carbons (Fsp3) is 0.333. The minimum absolute atomic E-state index is 0.229. The summed E-state index contributed by atoms with van der Waals surface area (Å²) in [7, 11) is 0. The Labute approximate surface area is 113 Å². The molecule has 1 atom stereocenters. The number of aryl methyl sites for hydroxylation is 2. The van der Waals surface area contributed by atoms with Crippen molar-refractivity contribution in [2.45, 2.75) is 26.3 Å². The number of carboxylic acids is 2. The van der Waals surface area contributed by atoms with Crippen molar-refractivity contribution < 1.29 is 24.6 Å². The van der Waals surface area contributed by atoms with Crippen LogP contribution in [-0.2, 0) is 9.59 Å². The molecule has 4 N–H and O–H groups in total. The van der Waals surface area contributed by atoms with Crippen molar-refractivity contribution in [3.05, 3.63) is 33.2 Å². The first-order valence-corrected chi connectivity index (χ1v) is 5.68. The van der Waals surface area contributed by atoms with E-state index >= 15 is 0 Å². The van der Waals surface area contributed by atoms with Crippen LogP contribution < -0.4 is 10.9 Å². The van der Waals surface area contributed by atoms with E-state index in [1.807, 2.05) is 5.32 Å². The Balaban J connectivity index is 3.04. The Hall–Kier alpha value is -2.64. The Bertz CT molecular complexity index is 619. The maximum Gasteiger partial charge on any atom is 0.326 e. The van der Waals surface area contributed by atoms with Crippen molar-refractivity contribution in [2.75, 3.05) is 0 Å². The molecule has 20 heavy (non-hydrogen) atoms. The number of H-pyrrole nitrogens is 1. The summed E-state index contributed by atoms with van der Waals surface area (Å²) in [5, 5.41) is 19.4. The van der Waals surface area contributed by atoms with Crippen LogP contribution in [0.5, 0.6) is 0 Å². The fourth-order valence-corrected chi connectivity index (χ4v) is 1.74. The van der Waals surface area contributed by atoms with Crippen LogP contribution in [0.1, 0.15) is 28.0 Å². The molecule has 8 nitrogen and oxygen atoms in total. The quantitative estimate of drug-likeness (QED) is 0.582. The lowest BCUT2D eigenvalue weighted by Gasteiger charge is -2.13. The summed E-state index contributed by atoms with van der Waals surface area (Å²) in [6, 6.07) is -0.0383. The number of aliphatic carboxylic acids is 2. The second-order valence-corrected chi connectivity index (χ2v) is 4.30. The number of carboxylic acid groups (broad SMARTS) is 2. The van der Waals surface area contributed by atoms with E-state index in [1.54, 1.807) is 13.0 Å². The van der Waals surface area contributed by atoms with Crippen LogP contribution in [-0.4, -0.2) is 39.1 Å². The summed E-state index contributed by atoms with van der Waals surface area (Å²) in [5.74, 6) is -3.77. The number of amides is 1. The first-order chi connectivity index (χ1) is 9.22. The van der Waals surface area contributed by atoms with Gasteiger partial charge in [-0.15, -0.1) is 0 Å². The smallest absolute Gasteiger partial charge is 0.326 e. The molecule has 0 spiro atoms. The molecule has 1 aromatic rings. The van der Waals surface area contributed by atoms with E-state index < -0.39 is 35.9 Å². The maximum atomic E-state index is 11.9. The lowest BCUT2D eigenvalue weighted by Crippen LogP contribution is -2.44. The van der Waals surface area contributed by atoms with Crippen molar-refractivity contribution in [3.8, 4) is 0 Å². The highest BCUT2D eigenvalue weighted by Gasteiger charge is 2.25. The third-order valence-corrected chi connectivity index (χ3v) is 2.57. The molecule has 108 valence electrons. The third kappa shape index (κ3) is 3.67. The van der Waals surface area contributed by atoms with E-state index in [4.69, 9.17) is 10.2 Å². The first-order valence-electron chi connectivity index (χ1n) is 5.68. The molecule has 1 unspecified atom stereocenters. The van der Waals surface area contributed by atoms with E-state index in [0.717, 1.165) is 0 Å². The topological polar surface area (TPSA) is 137 Å². The summed E-state index contributed by atoms with van der Waals surface area (Å²) in [5.41, 5.74) is 0.0549. The lowest BCUT2D eigenvalue weighted by molar-refractivity contribution is -0.145. The number of nitrogens with one attached hydrogen (secondary N) is 2. The summed E-state index contributed by atoms with van der Waals surface area (Å²) in [6.07, 6.45) is -0.774. The number of aromatic nitrogens is 1. The largest absolute Gasteiger partial charge is 0.481 e.